The van der Waals surface area contributed by atoms with Gasteiger partial charge in [-0.3, -0.25) is 9.52 Å². The van der Waals surface area contributed by atoms with Gasteiger partial charge < -0.3 is 19.1 Å². The molecule has 3 aromatic carbocycles. The molecule has 34 heavy (non-hydrogen) atoms. The third-order valence-electron chi connectivity index (χ3n) is 5.20. The van der Waals surface area contributed by atoms with Crippen LogP contribution in [0, 0.1) is 0 Å². The molecule has 1 fully saturated rings. The molecule has 0 aliphatic carbocycles. The van der Waals surface area contributed by atoms with Gasteiger partial charge >= 0.3 is 0 Å². The van der Waals surface area contributed by atoms with Gasteiger partial charge in [-0.05, 0) is 67.6 Å². The Labute approximate surface area is 199 Å². The zero-order valence-corrected chi connectivity index (χ0v) is 19.5. The van der Waals surface area contributed by atoms with Crippen molar-refractivity contribution in [1.82, 2.24) is 4.90 Å². The summed E-state index contributed by atoms with van der Waals surface area (Å²) >= 11 is 0. The summed E-state index contributed by atoms with van der Waals surface area (Å²) < 4.78 is 44.8. The molecule has 1 aliphatic rings. The van der Waals surface area contributed by atoms with Crippen molar-refractivity contribution in [1.29, 1.82) is 0 Å². The molecule has 1 heterocycles. The third-order valence-corrected chi connectivity index (χ3v) is 6.60. The topological polar surface area (TPSA) is 94.2 Å². The maximum Gasteiger partial charge on any atom is 0.263 e. The number of nitrogens with one attached hydrogen (secondary N) is 1. The van der Waals surface area contributed by atoms with E-state index in [4.69, 9.17) is 14.2 Å². The molecule has 8 nitrogen and oxygen atoms in total. The minimum atomic E-state index is -3.80. The number of ether oxygens (including phenoxy) is 3. The first-order chi connectivity index (χ1) is 16.4. The molecule has 1 atom stereocenters. The lowest BCUT2D eigenvalue weighted by Gasteiger charge is -2.29. The van der Waals surface area contributed by atoms with Gasteiger partial charge in [0, 0.05) is 18.8 Å². The van der Waals surface area contributed by atoms with Crippen LogP contribution in [0.4, 0.5) is 5.69 Å². The van der Waals surface area contributed by atoms with Crippen LogP contribution in [0.2, 0.25) is 0 Å². The first-order valence-corrected chi connectivity index (χ1v) is 12.4. The number of morpholine rings is 1. The molecule has 9 heteroatoms. The largest absolute Gasteiger partial charge is 0.481 e. The van der Waals surface area contributed by atoms with Crippen LogP contribution in [0.5, 0.6) is 17.2 Å². The second-order valence-corrected chi connectivity index (χ2v) is 9.40. The monoisotopic (exact) mass is 482 g/mol. The predicted molar refractivity (Wildman–Crippen MR) is 128 cm³/mol. The Kier molecular flexibility index (Phi) is 7.34. The van der Waals surface area contributed by atoms with Gasteiger partial charge in [-0.1, -0.05) is 18.2 Å². The second kappa shape index (κ2) is 10.6. The summed E-state index contributed by atoms with van der Waals surface area (Å²) in [7, 11) is -3.80. The minimum absolute atomic E-state index is 0.0802. The molecule has 0 aromatic heterocycles. The maximum absolute atomic E-state index is 12.8. The number of anilines is 1. The molecule has 1 aliphatic heterocycles. The van der Waals surface area contributed by atoms with Crippen molar-refractivity contribution in [3.8, 4) is 17.2 Å². The molecular weight excluding hydrogens is 456 g/mol. The lowest BCUT2D eigenvalue weighted by atomic mass is 10.3. The summed E-state index contributed by atoms with van der Waals surface area (Å²) in [5.41, 5.74) is 0.408. The standard InChI is InChI=1S/C25H26N2O6S/c1-19(25(28)27-15-17-31-18-16-27)32-22-11-13-24(14-12-22)34(29,30)26-20-7-9-23(10-8-20)33-21-5-3-2-4-6-21/h2-14,19,26H,15-18H2,1H3/t19-/m1/s1. The van der Waals surface area contributed by atoms with Crippen LogP contribution < -0.4 is 14.2 Å². The lowest BCUT2D eigenvalue weighted by Crippen LogP contribution is -2.46. The van der Waals surface area contributed by atoms with Crippen molar-refractivity contribution in [3.63, 3.8) is 0 Å². The molecule has 0 bridgehead atoms. The number of hydrogen-bond donors (Lipinski definition) is 1. The molecule has 178 valence electrons. The van der Waals surface area contributed by atoms with E-state index < -0.39 is 16.1 Å². The normalized spacial score (nSPS) is 14.8. The number of nitrogens with zero attached hydrogens (tertiary/aromatic N) is 1. The van der Waals surface area contributed by atoms with Crippen molar-refractivity contribution in [3.05, 3.63) is 78.9 Å². The molecule has 1 saturated heterocycles. The fraction of sp³-hybridized carbons (Fsp3) is 0.240. The van der Waals surface area contributed by atoms with E-state index in [9.17, 15) is 13.2 Å². The number of sulfonamides is 1. The Morgan fingerprint density at radius 3 is 2.12 bits per heavy atom. The summed E-state index contributed by atoms with van der Waals surface area (Å²) in [6, 6.07) is 21.9. The minimum Gasteiger partial charge on any atom is -0.481 e. The van der Waals surface area contributed by atoms with Crippen molar-refractivity contribution in [2.75, 3.05) is 31.0 Å². The quantitative estimate of drug-likeness (QED) is 0.523. The molecule has 1 N–H and O–H groups in total. The maximum atomic E-state index is 12.8. The van der Waals surface area contributed by atoms with Gasteiger partial charge in [-0.25, -0.2) is 8.42 Å². The molecule has 0 unspecified atom stereocenters. The average Bonchev–Trinajstić information content (AvgIpc) is 2.86. The van der Waals surface area contributed by atoms with E-state index in [0.717, 1.165) is 0 Å². The van der Waals surface area contributed by atoms with E-state index in [-0.39, 0.29) is 10.8 Å². The van der Waals surface area contributed by atoms with Gasteiger partial charge in [0.25, 0.3) is 15.9 Å². The van der Waals surface area contributed by atoms with E-state index in [1.807, 2.05) is 30.3 Å². The van der Waals surface area contributed by atoms with Crippen LogP contribution in [-0.2, 0) is 19.6 Å². The fourth-order valence-electron chi connectivity index (χ4n) is 3.42. The molecule has 0 radical (unpaired) electrons. The molecule has 1 amide bonds. The number of benzene rings is 3. The molecular formula is C25H26N2O6S. The molecule has 0 spiro atoms. The highest BCUT2D eigenvalue weighted by molar-refractivity contribution is 7.92. The second-order valence-electron chi connectivity index (χ2n) is 7.71. The van der Waals surface area contributed by atoms with Crippen LogP contribution in [0.25, 0.3) is 0 Å². The van der Waals surface area contributed by atoms with Crippen LogP contribution in [-0.4, -0.2) is 51.6 Å². The highest BCUT2D eigenvalue weighted by atomic mass is 32.2. The Hall–Kier alpha value is -3.56. The molecule has 0 saturated carbocycles. The number of amides is 1. The summed E-state index contributed by atoms with van der Waals surface area (Å²) in [6.45, 7) is 3.78. The SMILES string of the molecule is C[C@@H](Oc1ccc(S(=O)(=O)Nc2ccc(Oc3ccccc3)cc2)cc1)C(=O)N1CCOCC1. The number of rotatable bonds is 8. The first kappa shape index (κ1) is 23.6. The van der Waals surface area contributed by atoms with E-state index >= 15 is 0 Å². The van der Waals surface area contributed by atoms with Gasteiger partial charge in [0.05, 0.1) is 18.1 Å². The van der Waals surface area contributed by atoms with Gasteiger partial charge in [-0.2, -0.15) is 0 Å². The zero-order valence-electron chi connectivity index (χ0n) is 18.7. The number of hydrogen-bond acceptors (Lipinski definition) is 6. The van der Waals surface area contributed by atoms with E-state index in [1.165, 1.54) is 24.3 Å². The highest BCUT2D eigenvalue weighted by Crippen LogP contribution is 2.25. The van der Waals surface area contributed by atoms with Crippen molar-refractivity contribution < 1.29 is 27.4 Å². The number of carbonyl (C=O) groups excluding carboxylic acids is 1. The highest BCUT2D eigenvalue weighted by Gasteiger charge is 2.24. The summed E-state index contributed by atoms with van der Waals surface area (Å²) in [6.07, 6.45) is -0.685. The van der Waals surface area contributed by atoms with Crippen molar-refractivity contribution in [2.45, 2.75) is 17.9 Å². The Morgan fingerprint density at radius 1 is 0.882 bits per heavy atom. The van der Waals surface area contributed by atoms with Crippen LogP contribution in [0.3, 0.4) is 0 Å². The van der Waals surface area contributed by atoms with E-state index in [1.54, 1.807) is 36.1 Å². The van der Waals surface area contributed by atoms with E-state index in [2.05, 4.69) is 4.72 Å². The molecule has 3 aromatic rings. The van der Waals surface area contributed by atoms with Crippen LogP contribution >= 0.6 is 0 Å². The summed E-state index contributed by atoms with van der Waals surface area (Å²) in [5, 5.41) is 0. The van der Waals surface area contributed by atoms with Crippen LogP contribution in [0.15, 0.2) is 83.8 Å². The zero-order chi connectivity index (χ0) is 24.0. The Balaban J connectivity index is 1.35. The first-order valence-electron chi connectivity index (χ1n) is 10.9. The average molecular weight is 483 g/mol. The predicted octanol–water partition coefficient (Wildman–Crippen LogP) is 3.91. The fourth-order valence-corrected chi connectivity index (χ4v) is 4.48. The van der Waals surface area contributed by atoms with Crippen molar-refractivity contribution >= 4 is 21.6 Å². The third kappa shape index (κ3) is 6.06. The Bertz CT molecular complexity index is 1190. The lowest BCUT2D eigenvalue weighted by molar-refractivity contribution is -0.142. The van der Waals surface area contributed by atoms with E-state index in [0.29, 0.717) is 49.2 Å². The smallest absolute Gasteiger partial charge is 0.263 e. The van der Waals surface area contributed by atoms with Crippen LogP contribution in [0.1, 0.15) is 6.92 Å². The molecule has 4 rings (SSSR count). The van der Waals surface area contributed by atoms with Gasteiger partial charge in [0.15, 0.2) is 6.10 Å². The van der Waals surface area contributed by atoms with Gasteiger partial charge in [0.2, 0.25) is 0 Å². The van der Waals surface area contributed by atoms with Crippen molar-refractivity contribution in [2.24, 2.45) is 0 Å². The summed E-state index contributed by atoms with van der Waals surface area (Å²) in [4.78, 5) is 14.3. The number of carbonyl (C=O) groups is 1. The van der Waals surface area contributed by atoms with Gasteiger partial charge in [-0.15, -0.1) is 0 Å². The van der Waals surface area contributed by atoms with Gasteiger partial charge in [0.1, 0.15) is 17.2 Å². The summed E-state index contributed by atoms with van der Waals surface area (Å²) in [5.74, 6) is 1.58. The number of para-hydroxylation sites is 1. The Morgan fingerprint density at radius 2 is 1.47 bits per heavy atom.